The number of aromatic nitrogens is 4. The van der Waals surface area contributed by atoms with Gasteiger partial charge in [0.2, 0.25) is 0 Å². The topological polar surface area (TPSA) is 72.8 Å². The van der Waals surface area contributed by atoms with E-state index >= 15 is 0 Å². The van der Waals surface area contributed by atoms with E-state index < -0.39 is 0 Å². The van der Waals surface area contributed by atoms with Crippen molar-refractivity contribution in [3.63, 3.8) is 0 Å². The van der Waals surface area contributed by atoms with Gasteiger partial charge in [0.15, 0.2) is 0 Å². The van der Waals surface area contributed by atoms with E-state index in [4.69, 9.17) is 9.84 Å². The molecular weight excluding hydrogens is 400 g/mol. The Balaban J connectivity index is 1.65. The van der Waals surface area contributed by atoms with Gasteiger partial charge in [-0.1, -0.05) is 19.9 Å². The number of methoxy groups -OCH3 is 1. The van der Waals surface area contributed by atoms with Gasteiger partial charge < -0.3 is 4.74 Å². The molecule has 2 heterocycles. The van der Waals surface area contributed by atoms with E-state index in [1.807, 2.05) is 0 Å². The fourth-order valence-electron chi connectivity index (χ4n) is 4.82. The van der Waals surface area contributed by atoms with Gasteiger partial charge in [0.05, 0.1) is 18.5 Å². The number of rotatable bonds is 6. The molecule has 3 aromatic rings. The monoisotopic (exact) mass is 434 g/mol. The number of carbonyl (C=O) groups excluding carboxylic acids is 1. The molecule has 32 heavy (non-hydrogen) atoms. The van der Waals surface area contributed by atoms with Crippen LogP contribution in [0.1, 0.15) is 61.6 Å². The molecule has 0 fully saturated rings. The Hall–Kier alpha value is -2.89. The molecule has 170 valence electrons. The largest absolute Gasteiger partial charge is 0.469 e. The summed E-state index contributed by atoms with van der Waals surface area (Å²) >= 11 is 0. The van der Waals surface area contributed by atoms with Crippen molar-refractivity contribution in [1.82, 2.24) is 20.0 Å². The summed E-state index contributed by atoms with van der Waals surface area (Å²) in [4.78, 5) is 11.5. The summed E-state index contributed by atoms with van der Waals surface area (Å²) in [7, 11) is 1.43. The molecule has 1 aliphatic carbocycles. The molecular formula is C26H34N4O2. The molecule has 0 amide bonds. The van der Waals surface area contributed by atoms with Crippen LogP contribution in [0.5, 0.6) is 0 Å². The highest BCUT2D eigenvalue weighted by Gasteiger charge is 2.31. The summed E-state index contributed by atoms with van der Waals surface area (Å²) in [5.41, 5.74) is 10.6. The van der Waals surface area contributed by atoms with Crippen LogP contribution in [-0.4, -0.2) is 33.1 Å². The quantitative estimate of drug-likeness (QED) is 0.542. The lowest BCUT2D eigenvalue weighted by Crippen LogP contribution is -2.24. The number of esters is 1. The van der Waals surface area contributed by atoms with Crippen molar-refractivity contribution in [1.29, 1.82) is 0 Å². The lowest BCUT2D eigenvalue weighted by atomic mass is 9.76. The van der Waals surface area contributed by atoms with E-state index in [9.17, 15) is 4.79 Å². The maximum absolute atomic E-state index is 11.5. The van der Waals surface area contributed by atoms with Crippen molar-refractivity contribution in [2.24, 2.45) is 5.41 Å². The fraction of sp³-hybridized carbons (Fsp3) is 0.500. The minimum absolute atomic E-state index is 0.179. The Bertz CT molecular complexity index is 1150. The predicted octanol–water partition coefficient (Wildman–Crippen LogP) is 5.20. The van der Waals surface area contributed by atoms with E-state index in [0.717, 1.165) is 53.2 Å². The van der Waals surface area contributed by atoms with Gasteiger partial charge in [0.25, 0.3) is 0 Å². The SMILES string of the molecule is CCn1nc(-c2cc(-c3cc(C)c(CCC(=O)OC)cc3C)n[nH]2)c2c1CC(C)(C)CC2. The molecule has 0 aliphatic heterocycles. The number of benzene rings is 1. The smallest absolute Gasteiger partial charge is 0.305 e. The second-order valence-corrected chi connectivity index (χ2v) is 9.77. The lowest BCUT2D eigenvalue weighted by Gasteiger charge is -2.30. The van der Waals surface area contributed by atoms with E-state index in [-0.39, 0.29) is 5.97 Å². The van der Waals surface area contributed by atoms with Crippen LogP contribution < -0.4 is 0 Å². The molecule has 1 aromatic carbocycles. The van der Waals surface area contributed by atoms with Gasteiger partial charge >= 0.3 is 5.97 Å². The number of aromatic amines is 1. The number of nitrogens with one attached hydrogen (secondary N) is 1. The zero-order valence-corrected chi connectivity index (χ0v) is 20.1. The normalized spacial score (nSPS) is 14.9. The first kappa shape index (κ1) is 22.3. The van der Waals surface area contributed by atoms with E-state index in [1.54, 1.807) is 0 Å². The first-order chi connectivity index (χ1) is 15.2. The summed E-state index contributed by atoms with van der Waals surface area (Å²) in [5, 5.41) is 12.9. The molecule has 0 atom stereocenters. The molecule has 0 saturated carbocycles. The van der Waals surface area contributed by atoms with Gasteiger partial charge in [0.1, 0.15) is 5.69 Å². The van der Waals surface area contributed by atoms with Crippen molar-refractivity contribution >= 4 is 5.97 Å². The molecule has 2 aromatic heterocycles. The van der Waals surface area contributed by atoms with Gasteiger partial charge in [-0.3, -0.25) is 14.6 Å². The van der Waals surface area contributed by atoms with Crippen LogP contribution in [0.2, 0.25) is 0 Å². The molecule has 0 bridgehead atoms. The van der Waals surface area contributed by atoms with Gasteiger partial charge in [0, 0.05) is 29.8 Å². The second kappa shape index (κ2) is 8.57. The summed E-state index contributed by atoms with van der Waals surface area (Å²) in [6.07, 6.45) is 4.37. The Morgan fingerprint density at radius 1 is 1.22 bits per heavy atom. The highest BCUT2D eigenvalue weighted by Crippen LogP contribution is 2.39. The maximum atomic E-state index is 11.5. The Morgan fingerprint density at radius 2 is 2.00 bits per heavy atom. The van der Waals surface area contributed by atoms with Crippen LogP contribution in [0, 0.1) is 19.3 Å². The first-order valence-electron chi connectivity index (χ1n) is 11.5. The zero-order valence-electron chi connectivity index (χ0n) is 20.1. The average Bonchev–Trinajstić information content (AvgIpc) is 3.37. The van der Waals surface area contributed by atoms with E-state index in [2.05, 4.69) is 67.7 Å². The molecule has 0 radical (unpaired) electrons. The molecule has 0 unspecified atom stereocenters. The second-order valence-electron chi connectivity index (χ2n) is 9.77. The van der Waals surface area contributed by atoms with Crippen LogP contribution in [0.3, 0.4) is 0 Å². The molecule has 6 heteroatoms. The molecule has 0 spiro atoms. The molecule has 1 N–H and O–H groups in total. The van der Waals surface area contributed by atoms with E-state index in [1.165, 1.54) is 30.4 Å². The third-order valence-electron chi connectivity index (χ3n) is 6.78. The Kier molecular flexibility index (Phi) is 5.97. The van der Waals surface area contributed by atoms with Gasteiger partial charge in [-0.05, 0) is 80.7 Å². The number of H-pyrrole nitrogens is 1. The summed E-state index contributed by atoms with van der Waals surface area (Å²) in [5.74, 6) is -0.179. The van der Waals surface area contributed by atoms with E-state index in [0.29, 0.717) is 18.3 Å². The van der Waals surface area contributed by atoms with Gasteiger partial charge in [-0.2, -0.15) is 10.2 Å². The highest BCUT2D eigenvalue weighted by atomic mass is 16.5. The van der Waals surface area contributed by atoms with Crippen molar-refractivity contribution in [2.75, 3.05) is 7.11 Å². The maximum Gasteiger partial charge on any atom is 0.305 e. The fourth-order valence-corrected chi connectivity index (χ4v) is 4.82. The zero-order chi connectivity index (χ0) is 23.0. The summed E-state index contributed by atoms with van der Waals surface area (Å²) in [6, 6.07) is 6.46. The summed E-state index contributed by atoms with van der Waals surface area (Å²) < 4.78 is 6.94. The standard InChI is InChI=1S/C26H34N4O2/c1-7-30-23-15-26(4,5)11-10-19(23)25(29-30)22-14-21(27-28-22)20-13-16(2)18(12-17(20)3)8-9-24(31)32-6/h12-14H,7-11,15H2,1-6H3,(H,27,28). The van der Waals surface area contributed by atoms with Crippen molar-refractivity contribution in [3.05, 3.63) is 46.1 Å². The first-order valence-corrected chi connectivity index (χ1v) is 11.5. The van der Waals surface area contributed by atoms with Crippen LogP contribution in [0.4, 0.5) is 0 Å². The Labute approximate surface area is 190 Å². The number of hydrogen-bond donors (Lipinski definition) is 1. The number of hydrogen-bond acceptors (Lipinski definition) is 4. The predicted molar refractivity (Wildman–Crippen MR) is 127 cm³/mol. The molecule has 0 saturated heterocycles. The van der Waals surface area contributed by atoms with Crippen LogP contribution >= 0.6 is 0 Å². The van der Waals surface area contributed by atoms with Crippen molar-refractivity contribution in [2.45, 2.75) is 73.3 Å². The number of carbonyl (C=O) groups is 1. The average molecular weight is 435 g/mol. The highest BCUT2D eigenvalue weighted by molar-refractivity contribution is 5.72. The van der Waals surface area contributed by atoms with Crippen LogP contribution in [0.25, 0.3) is 22.6 Å². The number of ether oxygens (including phenoxy) is 1. The number of fused-ring (bicyclic) bond motifs is 1. The van der Waals surface area contributed by atoms with Gasteiger partial charge in [-0.25, -0.2) is 0 Å². The van der Waals surface area contributed by atoms with Crippen molar-refractivity contribution in [3.8, 4) is 22.6 Å². The minimum atomic E-state index is -0.179. The minimum Gasteiger partial charge on any atom is -0.469 e. The Morgan fingerprint density at radius 3 is 2.72 bits per heavy atom. The molecule has 4 rings (SSSR count). The molecule has 1 aliphatic rings. The lowest BCUT2D eigenvalue weighted by molar-refractivity contribution is -0.140. The van der Waals surface area contributed by atoms with Crippen LogP contribution in [0.15, 0.2) is 18.2 Å². The third-order valence-corrected chi connectivity index (χ3v) is 6.78. The summed E-state index contributed by atoms with van der Waals surface area (Å²) in [6.45, 7) is 11.9. The van der Waals surface area contributed by atoms with Crippen molar-refractivity contribution < 1.29 is 9.53 Å². The van der Waals surface area contributed by atoms with Crippen LogP contribution in [-0.2, 0) is 35.3 Å². The number of nitrogens with zero attached hydrogens (tertiary/aromatic N) is 3. The van der Waals surface area contributed by atoms with Gasteiger partial charge in [-0.15, -0.1) is 0 Å². The number of aryl methyl sites for hydroxylation is 4. The molecule has 6 nitrogen and oxygen atoms in total. The third kappa shape index (κ3) is 4.23.